The molecule has 23 heavy (non-hydrogen) atoms. The van der Waals surface area contributed by atoms with E-state index in [-0.39, 0.29) is 5.91 Å². The van der Waals surface area contributed by atoms with E-state index in [1.807, 2.05) is 62.4 Å². The van der Waals surface area contributed by atoms with Gasteiger partial charge >= 0.3 is 0 Å². The number of hydrogen-bond acceptors (Lipinski definition) is 3. The van der Waals surface area contributed by atoms with Gasteiger partial charge in [-0.2, -0.15) is 0 Å². The lowest BCUT2D eigenvalue weighted by Gasteiger charge is -2.27. The average Bonchev–Trinajstić information content (AvgIpc) is 2.54. The number of carbonyl (C=O) groups excluding carboxylic acids is 1. The van der Waals surface area contributed by atoms with E-state index in [1.165, 1.54) is 0 Å². The van der Waals surface area contributed by atoms with E-state index in [9.17, 15) is 4.79 Å². The summed E-state index contributed by atoms with van der Waals surface area (Å²) in [5.74, 6) is 1.30. The van der Waals surface area contributed by atoms with Gasteiger partial charge in [0.2, 0.25) is 5.91 Å². The highest BCUT2D eigenvalue weighted by Crippen LogP contribution is 2.32. The van der Waals surface area contributed by atoms with Gasteiger partial charge in [-0.05, 0) is 37.1 Å². The molecule has 0 unspecified atom stereocenters. The van der Waals surface area contributed by atoms with E-state index in [2.05, 4.69) is 5.32 Å². The van der Waals surface area contributed by atoms with Gasteiger partial charge in [0.25, 0.3) is 0 Å². The number of ether oxygens (including phenoxy) is 2. The van der Waals surface area contributed by atoms with Crippen LogP contribution in [-0.4, -0.2) is 20.1 Å². The Morgan fingerprint density at radius 2 is 1.65 bits per heavy atom. The Hall–Kier alpha value is -2.49. The molecular formula is C19H23NO3. The minimum atomic E-state index is -0.509. The largest absolute Gasteiger partial charge is 0.493 e. The molecule has 0 saturated heterocycles. The van der Waals surface area contributed by atoms with Crippen molar-refractivity contribution in [3.8, 4) is 11.5 Å². The summed E-state index contributed by atoms with van der Waals surface area (Å²) in [4.78, 5) is 12.3. The minimum Gasteiger partial charge on any atom is -0.493 e. The first kappa shape index (κ1) is 16.9. The molecule has 0 spiro atoms. The van der Waals surface area contributed by atoms with Crippen LogP contribution in [0.25, 0.3) is 0 Å². The molecule has 0 aliphatic rings. The maximum atomic E-state index is 12.3. The Morgan fingerprint density at radius 1 is 1.00 bits per heavy atom. The normalized spacial score (nSPS) is 11.0. The van der Waals surface area contributed by atoms with Crippen LogP contribution >= 0.6 is 0 Å². The molecule has 122 valence electrons. The van der Waals surface area contributed by atoms with Gasteiger partial charge in [-0.3, -0.25) is 4.79 Å². The van der Waals surface area contributed by atoms with Crippen LogP contribution in [0.3, 0.4) is 0 Å². The van der Waals surface area contributed by atoms with Gasteiger partial charge in [0, 0.05) is 0 Å². The molecule has 0 saturated carbocycles. The number of carbonyl (C=O) groups is 1. The fraction of sp³-hybridized carbons (Fsp3) is 0.316. The van der Waals surface area contributed by atoms with Crippen LogP contribution in [0.5, 0.6) is 11.5 Å². The standard InChI is InChI=1S/C19H23NO3/c1-19(2,15-10-11-16(22-3)17(13-15)23-4)20-18(21)12-14-8-6-5-7-9-14/h5-11,13H,12H2,1-4H3,(H,20,21). The number of benzene rings is 2. The van der Waals surface area contributed by atoms with Gasteiger partial charge in [-0.25, -0.2) is 0 Å². The van der Waals surface area contributed by atoms with E-state index in [0.29, 0.717) is 17.9 Å². The Bertz CT molecular complexity index is 666. The Kier molecular flexibility index (Phi) is 5.27. The average molecular weight is 313 g/mol. The van der Waals surface area contributed by atoms with Crippen molar-refractivity contribution in [2.24, 2.45) is 0 Å². The highest BCUT2D eigenvalue weighted by molar-refractivity contribution is 5.79. The fourth-order valence-electron chi connectivity index (χ4n) is 2.47. The van der Waals surface area contributed by atoms with Crippen LogP contribution in [0.4, 0.5) is 0 Å². The molecule has 0 aliphatic carbocycles. The van der Waals surface area contributed by atoms with E-state index in [4.69, 9.17) is 9.47 Å². The van der Waals surface area contributed by atoms with Crippen molar-refractivity contribution in [3.63, 3.8) is 0 Å². The zero-order valence-corrected chi connectivity index (χ0v) is 14.1. The molecule has 0 radical (unpaired) electrons. The lowest BCUT2D eigenvalue weighted by Crippen LogP contribution is -2.41. The Balaban J connectivity index is 2.13. The SMILES string of the molecule is COc1ccc(C(C)(C)NC(=O)Cc2ccccc2)cc1OC. The molecular weight excluding hydrogens is 290 g/mol. The molecule has 2 aromatic rings. The molecule has 2 rings (SSSR count). The number of hydrogen-bond donors (Lipinski definition) is 1. The van der Waals surface area contributed by atoms with Gasteiger partial charge in [-0.15, -0.1) is 0 Å². The zero-order valence-electron chi connectivity index (χ0n) is 14.1. The van der Waals surface area contributed by atoms with Crippen LogP contribution in [-0.2, 0) is 16.8 Å². The van der Waals surface area contributed by atoms with E-state index < -0.39 is 5.54 Å². The second-order valence-electron chi connectivity index (χ2n) is 5.91. The molecule has 0 bridgehead atoms. The number of methoxy groups -OCH3 is 2. The van der Waals surface area contributed by atoms with Crippen LogP contribution < -0.4 is 14.8 Å². The fourth-order valence-corrected chi connectivity index (χ4v) is 2.47. The maximum absolute atomic E-state index is 12.3. The molecule has 0 atom stereocenters. The van der Waals surface area contributed by atoms with Crippen molar-refractivity contribution in [2.45, 2.75) is 25.8 Å². The summed E-state index contributed by atoms with van der Waals surface area (Å²) in [5.41, 5.74) is 1.44. The zero-order chi connectivity index (χ0) is 16.9. The first-order valence-electron chi connectivity index (χ1n) is 7.53. The topological polar surface area (TPSA) is 47.6 Å². The first-order chi connectivity index (χ1) is 11.0. The van der Waals surface area contributed by atoms with Gasteiger partial charge in [0.15, 0.2) is 11.5 Å². The minimum absolute atomic E-state index is 0.0176. The van der Waals surface area contributed by atoms with E-state index in [0.717, 1.165) is 11.1 Å². The van der Waals surface area contributed by atoms with Crippen molar-refractivity contribution >= 4 is 5.91 Å². The van der Waals surface area contributed by atoms with E-state index >= 15 is 0 Å². The van der Waals surface area contributed by atoms with Crippen LogP contribution in [0, 0.1) is 0 Å². The highest BCUT2D eigenvalue weighted by Gasteiger charge is 2.24. The summed E-state index contributed by atoms with van der Waals surface area (Å²) >= 11 is 0. The maximum Gasteiger partial charge on any atom is 0.225 e. The van der Waals surface area contributed by atoms with Gasteiger partial charge in [-0.1, -0.05) is 36.4 Å². The van der Waals surface area contributed by atoms with Crippen molar-refractivity contribution in [3.05, 3.63) is 59.7 Å². The smallest absolute Gasteiger partial charge is 0.225 e. The molecule has 0 heterocycles. The third kappa shape index (κ3) is 4.25. The second-order valence-corrected chi connectivity index (χ2v) is 5.91. The number of rotatable bonds is 6. The molecule has 1 N–H and O–H groups in total. The van der Waals surface area contributed by atoms with Crippen LogP contribution in [0.2, 0.25) is 0 Å². The quantitative estimate of drug-likeness (QED) is 0.890. The molecule has 0 fully saturated rings. The van der Waals surface area contributed by atoms with Crippen LogP contribution in [0.15, 0.2) is 48.5 Å². The number of nitrogens with one attached hydrogen (secondary N) is 1. The summed E-state index contributed by atoms with van der Waals surface area (Å²) in [6.45, 7) is 3.94. The van der Waals surface area contributed by atoms with Crippen molar-refractivity contribution in [1.82, 2.24) is 5.32 Å². The summed E-state index contributed by atoms with van der Waals surface area (Å²) in [6.07, 6.45) is 0.359. The molecule has 4 heteroatoms. The van der Waals surface area contributed by atoms with Crippen LogP contribution in [0.1, 0.15) is 25.0 Å². The lowest BCUT2D eigenvalue weighted by atomic mass is 9.93. The molecule has 0 aromatic heterocycles. The third-order valence-electron chi connectivity index (χ3n) is 3.76. The van der Waals surface area contributed by atoms with Gasteiger partial charge < -0.3 is 14.8 Å². The Labute approximate surface area is 137 Å². The molecule has 4 nitrogen and oxygen atoms in total. The van der Waals surface area contributed by atoms with Crippen molar-refractivity contribution in [2.75, 3.05) is 14.2 Å². The molecule has 1 amide bonds. The lowest BCUT2D eigenvalue weighted by molar-refractivity contribution is -0.122. The second kappa shape index (κ2) is 7.18. The summed E-state index contributed by atoms with van der Waals surface area (Å²) in [6, 6.07) is 15.4. The third-order valence-corrected chi connectivity index (χ3v) is 3.76. The highest BCUT2D eigenvalue weighted by atomic mass is 16.5. The first-order valence-corrected chi connectivity index (χ1v) is 7.53. The summed E-state index contributed by atoms with van der Waals surface area (Å²) < 4.78 is 10.6. The van der Waals surface area contributed by atoms with Crippen molar-refractivity contribution < 1.29 is 14.3 Å². The van der Waals surface area contributed by atoms with Gasteiger partial charge in [0.05, 0.1) is 26.2 Å². The molecule has 2 aromatic carbocycles. The monoisotopic (exact) mass is 313 g/mol. The number of amides is 1. The van der Waals surface area contributed by atoms with Crippen molar-refractivity contribution in [1.29, 1.82) is 0 Å². The predicted octanol–water partition coefficient (Wildman–Crippen LogP) is 3.30. The van der Waals surface area contributed by atoms with Gasteiger partial charge in [0.1, 0.15) is 0 Å². The summed E-state index contributed by atoms with van der Waals surface area (Å²) in [7, 11) is 3.20. The Morgan fingerprint density at radius 3 is 2.26 bits per heavy atom. The summed E-state index contributed by atoms with van der Waals surface area (Å²) in [5, 5.41) is 3.07. The molecule has 0 aliphatic heterocycles. The predicted molar refractivity (Wildman–Crippen MR) is 90.9 cm³/mol. The van der Waals surface area contributed by atoms with E-state index in [1.54, 1.807) is 14.2 Å².